The third-order valence-corrected chi connectivity index (χ3v) is 8.18. The predicted octanol–water partition coefficient (Wildman–Crippen LogP) is 7.10. The van der Waals surface area contributed by atoms with E-state index in [2.05, 4.69) is 20.9 Å². The lowest BCUT2D eigenvalue weighted by atomic mass is 10.1. The molecule has 0 unspecified atom stereocenters. The molecule has 0 radical (unpaired) electrons. The molecule has 0 aliphatic carbocycles. The molecule has 0 saturated heterocycles. The Hall–Kier alpha value is -4.94. The van der Waals surface area contributed by atoms with Crippen LogP contribution in [-0.2, 0) is 11.8 Å². The fourth-order valence-corrected chi connectivity index (χ4v) is 5.91. The number of benzene rings is 2. The molecule has 0 fully saturated rings. The molecule has 0 aliphatic heterocycles. The van der Waals surface area contributed by atoms with Crippen molar-refractivity contribution in [2.45, 2.75) is 39.2 Å². The minimum absolute atomic E-state index is 0.0358. The minimum atomic E-state index is -0.617. The van der Waals surface area contributed by atoms with Crippen LogP contribution in [0.3, 0.4) is 0 Å². The van der Waals surface area contributed by atoms with Crippen molar-refractivity contribution in [3.05, 3.63) is 77.1 Å². The second-order valence-electron chi connectivity index (χ2n) is 12.4. The van der Waals surface area contributed by atoms with E-state index in [0.29, 0.717) is 39.7 Å². The van der Waals surface area contributed by atoms with Crippen LogP contribution in [0.25, 0.3) is 21.0 Å². The van der Waals surface area contributed by atoms with Crippen LogP contribution >= 0.6 is 11.3 Å². The highest BCUT2D eigenvalue weighted by atomic mass is 32.1. The van der Waals surface area contributed by atoms with Gasteiger partial charge >= 0.3 is 6.09 Å². The van der Waals surface area contributed by atoms with E-state index >= 15 is 0 Å². The Balaban J connectivity index is 1.23. The fraction of sp³-hybridized carbons (Fsp3) is 0.294. The molecule has 11 nitrogen and oxygen atoms in total. The number of ether oxygens (including phenoxy) is 1. The molecule has 46 heavy (non-hydrogen) atoms. The first kappa shape index (κ1) is 32.5. The number of nitrogens with zero attached hydrogens (tertiary/aromatic N) is 2. The SMILES string of the molecule is CN(C)CCCC(=O)c1cc(NC(=O)c2cc3cc(NC(=O)c4cc5cc(NC(=O)OC(C)(C)C)ccc5[nH]4)ccc3s2)cn1C. The van der Waals surface area contributed by atoms with Crippen molar-refractivity contribution in [3.63, 3.8) is 0 Å². The number of aromatic amines is 1. The summed E-state index contributed by atoms with van der Waals surface area (Å²) in [6.45, 7) is 6.20. The number of rotatable bonds is 10. The van der Waals surface area contributed by atoms with Crippen LogP contribution in [0.4, 0.5) is 21.9 Å². The second kappa shape index (κ2) is 13.2. The molecule has 0 saturated carbocycles. The van der Waals surface area contributed by atoms with Crippen molar-refractivity contribution in [2.24, 2.45) is 7.05 Å². The Kier molecular flexibility index (Phi) is 9.31. The van der Waals surface area contributed by atoms with Crippen LogP contribution in [0, 0.1) is 0 Å². The maximum atomic E-state index is 13.1. The number of hydrogen-bond acceptors (Lipinski definition) is 7. The van der Waals surface area contributed by atoms with Gasteiger partial charge in [-0.05, 0) is 108 Å². The van der Waals surface area contributed by atoms with Gasteiger partial charge in [0.1, 0.15) is 11.3 Å². The lowest BCUT2D eigenvalue weighted by Crippen LogP contribution is -2.27. The number of amides is 3. The van der Waals surface area contributed by atoms with Crippen LogP contribution in [0.5, 0.6) is 0 Å². The van der Waals surface area contributed by atoms with Crippen LogP contribution in [0.2, 0.25) is 0 Å². The van der Waals surface area contributed by atoms with Gasteiger partial charge in [-0.25, -0.2) is 4.79 Å². The monoisotopic (exact) mass is 642 g/mol. The summed E-state index contributed by atoms with van der Waals surface area (Å²) in [7, 11) is 5.74. The van der Waals surface area contributed by atoms with Crippen molar-refractivity contribution >= 4 is 73.1 Å². The van der Waals surface area contributed by atoms with E-state index in [9.17, 15) is 19.2 Å². The molecule has 0 atom stereocenters. The number of aromatic nitrogens is 2. The summed E-state index contributed by atoms with van der Waals surface area (Å²) >= 11 is 1.34. The van der Waals surface area contributed by atoms with Gasteiger partial charge in [-0.3, -0.25) is 19.7 Å². The lowest BCUT2D eigenvalue weighted by Gasteiger charge is -2.19. The molecule has 2 aromatic carbocycles. The molecule has 0 aliphatic rings. The maximum Gasteiger partial charge on any atom is 0.412 e. The summed E-state index contributed by atoms with van der Waals surface area (Å²) in [5, 5.41) is 10.1. The highest BCUT2D eigenvalue weighted by Crippen LogP contribution is 2.30. The smallest absolute Gasteiger partial charge is 0.412 e. The largest absolute Gasteiger partial charge is 0.444 e. The summed E-state index contributed by atoms with van der Waals surface area (Å²) in [4.78, 5) is 56.7. The fourth-order valence-electron chi connectivity index (χ4n) is 4.97. The summed E-state index contributed by atoms with van der Waals surface area (Å²) < 4.78 is 7.94. The van der Waals surface area contributed by atoms with Gasteiger partial charge in [0.2, 0.25) is 0 Å². The molecule has 5 rings (SSSR count). The predicted molar refractivity (Wildman–Crippen MR) is 183 cm³/mol. The maximum absolute atomic E-state index is 13.1. The van der Waals surface area contributed by atoms with Crippen molar-refractivity contribution < 1.29 is 23.9 Å². The molecular weight excluding hydrogens is 604 g/mol. The molecule has 3 aromatic heterocycles. The second-order valence-corrected chi connectivity index (χ2v) is 13.5. The highest BCUT2D eigenvalue weighted by molar-refractivity contribution is 7.20. The summed E-state index contributed by atoms with van der Waals surface area (Å²) in [5.41, 5.74) is 2.71. The Morgan fingerprint density at radius 3 is 2.30 bits per heavy atom. The van der Waals surface area contributed by atoms with Gasteiger partial charge in [0.25, 0.3) is 11.8 Å². The number of aryl methyl sites for hydroxylation is 1. The van der Waals surface area contributed by atoms with E-state index in [1.165, 1.54) is 11.3 Å². The quantitative estimate of drug-likeness (QED) is 0.120. The number of hydrogen-bond donors (Lipinski definition) is 4. The van der Waals surface area contributed by atoms with Gasteiger partial charge < -0.3 is 29.8 Å². The topological polar surface area (TPSA) is 138 Å². The van der Waals surface area contributed by atoms with Gasteiger partial charge in [0.15, 0.2) is 5.78 Å². The van der Waals surface area contributed by atoms with Crippen LogP contribution < -0.4 is 16.0 Å². The van der Waals surface area contributed by atoms with Crippen molar-refractivity contribution in [1.82, 2.24) is 14.5 Å². The highest BCUT2D eigenvalue weighted by Gasteiger charge is 2.18. The standard InChI is InChI=1S/C34H38N6O5S/c1-34(2,3)45-33(44)37-23-9-11-25-20(14-23)16-26(38-25)31(42)35-22-10-12-29-21(15-22)17-30(46-29)32(43)36-24-18-27(40(6)19-24)28(41)8-7-13-39(4)5/h9-12,14-19,38H,7-8,13H2,1-6H3,(H,35,42)(H,36,43)(H,37,44). The van der Waals surface area contributed by atoms with E-state index in [4.69, 9.17) is 4.74 Å². The molecule has 12 heteroatoms. The van der Waals surface area contributed by atoms with E-state index in [1.54, 1.807) is 81.0 Å². The number of ketones is 1. The van der Waals surface area contributed by atoms with Gasteiger partial charge in [-0.1, -0.05) is 0 Å². The van der Waals surface area contributed by atoms with Crippen molar-refractivity contribution in [1.29, 1.82) is 0 Å². The zero-order valence-corrected chi connectivity index (χ0v) is 27.6. The number of fused-ring (bicyclic) bond motifs is 2. The van der Waals surface area contributed by atoms with E-state index in [1.807, 2.05) is 31.1 Å². The Bertz CT molecular complexity index is 1940. The third kappa shape index (κ3) is 8.01. The lowest BCUT2D eigenvalue weighted by molar-refractivity contribution is 0.0635. The minimum Gasteiger partial charge on any atom is -0.444 e. The Morgan fingerprint density at radius 1 is 0.870 bits per heavy atom. The number of Topliss-reactive ketones (excluding diaryl/α,β-unsaturated/α-hetero) is 1. The average Bonchev–Trinajstić information content (AvgIpc) is 3.67. The first-order valence-corrected chi connectivity index (χ1v) is 15.7. The number of anilines is 3. The van der Waals surface area contributed by atoms with E-state index in [-0.39, 0.29) is 17.6 Å². The number of carbonyl (C=O) groups excluding carboxylic acids is 4. The number of thiophene rings is 1. The van der Waals surface area contributed by atoms with Crippen molar-refractivity contribution in [2.75, 3.05) is 36.6 Å². The first-order valence-electron chi connectivity index (χ1n) is 14.9. The third-order valence-electron chi connectivity index (χ3n) is 7.07. The Labute approximate surface area is 270 Å². The zero-order chi connectivity index (χ0) is 33.2. The molecule has 240 valence electrons. The number of H-pyrrole nitrogens is 1. The molecule has 5 aromatic rings. The summed E-state index contributed by atoms with van der Waals surface area (Å²) in [5.74, 6) is -0.571. The average molecular weight is 643 g/mol. The number of nitrogens with one attached hydrogen (secondary N) is 4. The summed E-state index contributed by atoms with van der Waals surface area (Å²) in [6.07, 6.45) is 2.38. The molecule has 3 heterocycles. The zero-order valence-electron chi connectivity index (χ0n) is 26.7. The molecule has 0 bridgehead atoms. The normalized spacial score (nSPS) is 11.6. The summed E-state index contributed by atoms with van der Waals surface area (Å²) in [6, 6.07) is 15.9. The van der Waals surface area contributed by atoms with Crippen molar-refractivity contribution in [3.8, 4) is 0 Å². The Morgan fingerprint density at radius 2 is 1.57 bits per heavy atom. The van der Waals surface area contributed by atoms with Gasteiger partial charge in [0.05, 0.1) is 16.3 Å². The number of carbonyl (C=O) groups is 4. The van der Waals surface area contributed by atoms with E-state index in [0.717, 1.165) is 34.0 Å². The first-order chi connectivity index (χ1) is 21.7. The van der Waals surface area contributed by atoms with E-state index < -0.39 is 11.7 Å². The molecular formula is C34H38N6O5S. The van der Waals surface area contributed by atoms with Gasteiger partial charge in [-0.2, -0.15) is 0 Å². The van der Waals surface area contributed by atoms with Gasteiger partial charge in [0, 0.05) is 46.6 Å². The molecule has 4 N–H and O–H groups in total. The van der Waals surface area contributed by atoms with Crippen LogP contribution in [-0.4, -0.2) is 64.4 Å². The van der Waals surface area contributed by atoms with Crippen LogP contribution in [0.1, 0.15) is 64.3 Å². The van der Waals surface area contributed by atoms with Gasteiger partial charge in [-0.15, -0.1) is 11.3 Å². The van der Waals surface area contributed by atoms with Crippen LogP contribution in [0.15, 0.2) is 60.8 Å². The molecule has 3 amide bonds. The molecule has 0 spiro atoms.